The highest BCUT2D eigenvalue weighted by molar-refractivity contribution is 5.79. The monoisotopic (exact) mass is 350 g/mol. The van der Waals surface area contributed by atoms with Crippen LogP contribution in [-0.2, 0) is 4.79 Å². The number of piperazine rings is 1. The van der Waals surface area contributed by atoms with Crippen LogP contribution in [0, 0.1) is 0 Å². The topological polar surface area (TPSA) is 62.0 Å². The zero-order valence-electron chi connectivity index (χ0n) is 14.8. The molecule has 138 valence electrons. The third kappa shape index (κ3) is 3.98. The Morgan fingerprint density at radius 1 is 1.24 bits per heavy atom. The number of nitrogen functional groups attached to an aromatic ring is 1. The maximum atomic E-state index is 12.5. The van der Waals surface area contributed by atoms with Gasteiger partial charge in [-0.25, -0.2) is 4.39 Å². The van der Waals surface area contributed by atoms with E-state index in [2.05, 4.69) is 9.80 Å². The highest BCUT2D eigenvalue weighted by Crippen LogP contribution is 2.30. The van der Waals surface area contributed by atoms with Crippen LogP contribution in [0.1, 0.15) is 12.8 Å². The molecule has 2 aliphatic rings. The second-order valence-electron chi connectivity index (χ2n) is 6.68. The molecule has 0 atom stereocenters. The molecule has 2 heterocycles. The van der Waals surface area contributed by atoms with Gasteiger partial charge in [0.25, 0.3) is 0 Å². The third-order valence-corrected chi connectivity index (χ3v) is 5.27. The molecular weight excluding hydrogens is 323 g/mol. The summed E-state index contributed by atoms with van der Waals surface area (Å²) >= 11 is 0. The molecule has 1 aromatic carbocycles. The van der Waals surface area contributed by atoms with Crippen LogP contribution in [-0.4, -0.2) is 74.8 Å². The molecule has 2 saturated heterocycles. The maximum absolute atomic E-state index is 12.5. The number of amides is 1. The van der Waals surface area contributed by atoms with E-state index in [1.807, 2.05) is 18.2 Å². The number of ether oxygens (including phenoxy) is 1. The Bertz CT molecular complexity index is 605. The number of nitrogens with zero attached hydrogens (tertiary/aromatic N) is 3. The maximum Gasteiger partial charge on any atom is 0.236 e. The first-order chi connectivity index (χ1) is 12.1. The number of alkyl halides is 1. The Hall–Kier alpha value is -2.02. The molecular formula is C18H27FN4O2. The van der Waals surface area contributed by atoms with Gasteiger partial charge in [-0.15, -0.1) is 0 Å². The van der Waals surface area contributed by atoms with Gasteiger partial charge in [0.15, 0.2) is 0 Å². The van der Waals surface area contributed by atoms with Crippen molar-refractivity contribution >= 4 is 17.3 Å². The van der Waals surface area contributed by atoms with E-state index < -0.39 is 6.67 Å². The molecule has 0 unspecified atom stereocenters. The summed E-state index contributed by atoms with van der Waals surface area (Å²) in [6.07, 6.45) is 2.03. The van der Waals surface area contributed by atoms with Gasteiger partial charge in [0.1, 0.15) is 12.4 Å². The Labute approximate surface area is 148 Å². The van der Waals surface area contributed by atoms with E-state index in [1.54, 1.807) is 12.0 Å². The summed E-state index contributed by atoms with van der Waals surface area (Å²) in [5, 5.41) is 0. The molecule has 1 amide bonds. The minimum Gasteiger partial charge on any atom is -0.495 e. The zero-order valence-corrected chi connectivity index (χ0v) is 14.8. The summed E-state index contributed by atoms with van der Waals surface area (Å²) in [5.74, 6) is 0.754. The molecule has 0 aromatic heterocycles. The number of rotatable bonds is 5. The van der Waals surface area contributed by atoms with Crippen LogP contribution in [0.5, 0.6) is 5.75 Å². The molecule has 7 heteroatoms. The van der Waals surface area contributed by atoms with Crippen LogP contribution in [0.15, 0.2) is 18.2 Å². The molecule has 6 nitrogen and oxygen atoms in total. The highest BCUT2D eigenvalue weighted by atomic mass is 19.1. The van der Waals surface area contributed by atoms with E-state index in [1.165, 1.54) is 0 Å². The molecule has 0 radical (unpaired) electrons. The Kier molecular flexibility index (Phi) is 5.63. The summed E-state index contributed by atoms with van der Waals surface area (Å²) in [6, 6.07) is 6.30. The molecule has 2 fully saturated rings. The molecule has 0 saturated carbocycles. The van der Waals surface area contributed by atoms with Crippen LogP contribution in [0.25, 0.3) is 0 Å². The second kappa shape index (κ2) is 7.91. The SMILES string of the molecule is COc1cc(N2CCC(N3CCN(CCF)C(=O)C3)CC2)ccc1N. The number of methoxy groups -OCH3 is 1. The number of hydrogen-bond donors (Lipinski definition) is 1. The van der Waals surface area contributed by atoms with Gasteiger partial charge in [-0.3, -0.25) is 9.69 Å². The summed E-state index contributed by atoms with van der Waals surface area (Å²) in [7, 11) is 1.63. The average molecular weight is 350 g/mol. The van der Waals surface area contributed by atoms with Gasteiger partial charge >= 0.3 is 0 Å². The molecule has 0 aliphatic carbocycles. The van der Waals surface area contributed by atoms with E-state index in [4.69, 9.17) is 10.5 Å². The van der Waals surface area contributed by atoms with Crippen molar-refractivity contribution < 1.29 is 13.9 Å². The van der Waals surface area contributed by atoms with Gasteiger partial charge in [-0.2, -0.15) is 0 Å². The van der Waals surface area contributed by atoms with Gasteiger partial charge in [-0.05, 0) is 25.0 Å². The molecule has 25 heavy (non-hydrogen) atoms. The molecule has 0 bridgehead atoms. The van der Waals surface area contributed by atoms with Gasteiger partial charge in [0, 0.05) is 50.5 Å². The molecule has 1 aromatic rings. The Morgan fingerprint density at radius 3 is 2.64 bits per heavy atom. The number of hydrogen-bond acceptors (Lipinski definition) is 5. The van der Waals surface area contributed by atoms with E-state index >= 15 is 0 Å². The minimum atomic E-state index is -0.463. The first kappa shape index (κ1) is 17.8. The largest absolute Gasteiger partial charge is 0.495 e. The van der Waals surface area contributed by atoms with Crippen molar-refractivity contribution in [3.8, 4) is 5.75 Å². The lowest BCUT2D eigenvalue weighted by Crippen LogP contribution is -2.56. The quantitative estimate of drug-likeness (QED) is 0.813. The van der Waals surface area contributed by atoms with Gasteiger partial charge in [0.2, 0.25) is 5.91 Å². The third-order valence-electron chi connectivity index (χ3n) is 5.27. The van der Waals surface area contributed by atoms with Gasteiger partial charge in [0.05, 0.1) is 19.3 Å². The predicted molar refractivity (Wildman–Crippen MR) is 96.8 cm³/mol. The fraction of sp³-hybridized carbons (Fsp3) is 0.611. The number of carbonyl (C=O) groups is 1. The van der Waals surface area contributed by atoms with Crippen molar-refractivity contribution in [3.63, 3.8) is 0 Å². The summed E-state index contributed by atoms with van der Waals surface area (Å²) in [6.45, 7) is 3.54. The average Bonchev–Trinajstić information content (AvgIpc) is 2.64. The van der Waals surface area contributed by atoms with Crippen LogP contribution in [0.4, 0.5) is 15.8 Å². The highest BCUT2D eigenvalue weighted by Gasteiger charge is 2.31. The van der Waals surface area contributed by atoms with E-state index in [-0.39, 0.29) is 12.5 Å². The van der Waals surface area contributed by atoms with Crippen molar-refractivity contribution in [3.05, 3.63) is 18.2 Å². The van der Waals surface area contributed by atoms with E-state index in [0.717, 1.165) is 38.2 Å². The van der Waals surface area contributed by atoms with Crippen LogP contribution in [0.2, 0.25) is 0 Å². The van der Waals surface area contributed by atoms with Gasteiger partial charge in [-0.1, -0.05) is 0 Å². The van der Waals surface area contributed by atoms with Crippen molar-refractivity contribution in [1.82, 2.24) is 9.80 Å². The van der Waals surface area contributed by atoms with Crippen molar-refractivity contribution in [2.24, 2.45) is 0 Å². The summed E-state index contributed by atoms with van der Waals surface area (Å²) in [5.41, 5.74) is 7.65. The first-order valence-corrected chi connectivity index (χ1v) is 8.88. The fourth-order valence-corrected chi connectivity index (χ4v) is 3.76. The Morgan fingerprint density at radius 2 is 2.00 bits per heavy atom. The molecule has 3 rings (SSSR count). The van der Waals surface area contributed by atoms with Crippen molar-refractivity contribution in [2.75, 3.05) is 63.7 Å². The van der Waals surface area contributed by atoms with Gasteiger partial charge < -0.3 is 20.3 Å². The summed E-state index contributed by atoms with van der Waals surface area (Å²) in [4.78, 5) is 18.3. The molecule has 2 N–H and O–H groups in total. The lowest BCUT2D eigenvalue weighted by Gasteiger charge is -2.42. The number of benzene rings is 1. The van der Waals surface area contributed by atoms with Crippen LogP contribution >= 0.6 is 0 Å². The van der Waals surface area contributed by atoms with Crippen molar-refractivity contribution in [1.29, 1.82) is 0 Å². The second-order valence-corrected chi connectivity index (χ2v) is 6.68. The Balaban J connectivity index is 1.55. The lowest BCUT2D eigenvalue weighted by molar-refractivity contribution is -0.137. The van der Waals surface area contributed by atoms with E-state index in [0.29, 0.717) is 30.6 Å². The number of piperidine rings is 1. The smallest absolute Gasteiger partial charge is 0.236 e. The minimum absolute atomic E-state index is 0.0506. The first-order valence-electron chi connectivity index (χ1n) is 8.88. The zero-order chi connectivity index (χ0) is 17.8. The lowest BCUT2D eigenvalue weighted by atomic mass is 10.0. The number of halogens is 1. The molecule has 0 spiro atoms. The predicted octanol–water partition coefficient (Wildman–Crippen LogP) is 1.36. The number of nitrogens with two attached hydrogens (primary N) is 1. The van der Waals surface area contributed by atoms with Crippen LogP contribution < -0.4 is 15.4 Å². The normalized spacial score (nSPS) is 20.2. The van der Waals surface area contributed by atoms with E-state index in [9.17, 15) is 9.18 Å². The van der Waals surface area contributed by atoms with Crippen molar-refractivity contribution in [2.45, 2.75) is 18.9 Å². The molecule has 2 aliphatic heterocycles. The standard InChI is InChI=1S/C18H27FN4O2/c1-25-17-12-15(2-3-16(17)20)21-7-4-14(5-8-21)23-11-10-22(9-6-19)18(24)13-23/h2-3,12,14H,4-11,13,20H2,1H3. The number of anilines is 2. The fourth-order valence-electron chi connectivity index (χ4n) is 3.76. The summed E-state index contributed by atoms with van der Waals surface area (Å²) < 4.78 is 17.8. The van der Waals surface area contributed by atoms with Crippen LogP contribution in [0.3, 0.4) is 0 Å². The number of carbonyl (C=O) groups excluding carboxylic acids is 1.